The van der Waals surface area contributed by atoms with Crippen LogP contribution in [0.3, 0.4) is 0 Å². The van der Waals surface area contributed by atoms with Crippen molar-refractivity contribution in [2.75, 3.05) is 18.8 Å². The number of para-hydroxylation sites is 1. The van der Waals surface area contributed by atoms with Crippen molar-refractivity contribution in [1.82, 2.24) is 4.90 Å². The van der Waals surface area contributed by atoms with Crippen molar-refractivity contribution in [2.24, 2.45) is 0 Å². The monoisotopic (exact) mass is 192 g/mol. The Morgan fingerprint density at radius 1 is 1.29 bits per heavy atom. The highest BCUT2D eigenvalue weighted by atomic mass is 16.2. The summed E-state index contributed by atoms with van der Waals surface area (Å²) < 4.78 is 0. The third-order valence-corrected chi connectivity index (χ3v) is 2.24. The predicted octanol–water partition coefficient (Wildman–Crippen LogP) is 1.75. The molecule has 1 aromatic carbocycles. The lowest BCUT2D eigenvalue weighted by molar-refractivity contribution is 0.0774. The Morgan fingerprint density at radius 2 is 1.86 bits per heavy atom. The summed E-state index contributed by atoms with van der Waals surface area (Å²) >= 11 is 0. The fourth-order valence-corrected chi connectivity index (χ4v) is 1.37. The highest BCUT2D eigenvalue weighted by Crippen LogP contribution is 2.13. The van der Waals surface area contributed by atoms with E-state index in [1.807, 2.05) is 26.0 Å². The molecule has 1 rings (SSSR count). The van der Waals surface area contributed by atoms with Crippen molar-refractivity contribution in [3.63, 3.8) is 0 Å². The number of anilines is 1. The normalized spacial score (nSPS) is 9.86. The van der Waals surface area contributed by atoms with Crippen LogP contribution < -0.4 is 5.73 Å². The van der Waals surface area contributed by atoms with Crippen molar-refractivity contribution in [1.29, 1.82) is 0 Å². The predicted molar refractivity (Wildman–Crippen MR) is 58.1 cm³/mol. The average Bonchev–Trinajstić information content (AvgIpc) is 2.20. The van der Waals surface area contributed by atoms with Crippen LogP contribution in [0.5, 0.6) is 0 Å². The first kappa shape index (κ1) is 10.6. The molecule has 1 aromatic rings. The van der Waals surface area contributed by atoms with E-state index in [-0.39, 0.29) is 5.91 Å². The van der Waals surface area contributed by atoms with Gasteiger partial charge < -0.3 is 10.6 Å². The molecule has 14 heavy (non-hydrogen) atoms. The minimum atomic E-state index is 0.00750. The summed E-state index contributed by atoms with van der Waals surface area (Å²) in [5.41, 5.74) is 6.86. The SMILES string of the molecule is CCN(CC)C(=O)c1ccccc1N. The second-order valence-corrected chi connectivity index (χ2v) is 3.06. The van der Waals surface area contributed by atoms with Crippen LogP contribution in [-0.4, -0.2) is 23.9 Å². The smallest absolute Gasteiger partial charge is 0.255 e. The zero-order valence-corrected chi connectivity index (χ0v) is 8.66. The first-order valence-electron chi connectivity index (χ1n) is 4.84. The number of carbonyl (C=O) groups is 1. The minimum absolute atomic E-state index is 0.00750. The van der Waals surface area contributed by atoms with Crippen LogP contribution in [0.15, 0.2) is 24.3 Å². The van der Waals surface area contributed by atoms with Gasteiger partial charge in [-0.2, -0.15) is 0 Å². The summed E-state index contributed by atoms with van der Waals surface area (Å²) in [5, 5.41) is 0. The zero-order valence-electron chi connectivity index (χ0n) is 8.66. The molecule has 0 aromatic heterocycles. The van der Waals surface area contributed by atoms with E-state index in [2.05, 4.69) is 0 Å². The maximum atomic E-state index is 11.9. The number of carbonyl (C=O) groups excluding carboxylic acids is 1. The van der Waals surface area contributed by atoms with Gasteiger partial charge in [-0.25, -0.2) is 0 Å². The molecule has 0 aliphatic rings. The molecule has 0 aliphatic heterocycles. The van der Waals surface area contributed by atoms with Crippen LogP contribution in [0, 0.1) is 0 Å². The minimum Gasteiger partial charge on any atom is -0.398 e. The lowest BCUT2D eigenvalue weighted by Gasteiger charge is -2.19. The molecule has 0 atom stereocenters. The molecular formula is C11H16N2O. The Hall–Kier alpha value is -1.51. The van der Waals surface area contributed by atoms with E-state index in [0.717, 1.165) is 0 Å². The third kappa shape index (κ3) is 2.05. The van der Waals surface area contributed by atoms with E-state index in [4.69, 9.17) is 5.73 Å². The topological polar surface area (TPSA) is 46.3 Å². The van der Waals surface area contributed by atoms with Crippen LogP contribution in [0.2, 0.25) is 0 Å². The van der Waals surface area contributed by atoms with Gasteiger partial charge in [0.1, 0.15) is 0 Å². The zero-order chi connectivity index (χ0) is 10.6. The van der Waals surface area contributed by atoms with E-state index in [0.29, 0.717) is 24.3 Å². The Kier molecular flexibility index (Phi) is 3.51. The van der Waals surface area contributed by atoms with Crippen LogP contribution in [0.4, 0.5) is 5.69 Å². The molecule has 0 fully saturated rings. The van der Waals surface area contributed by atoms with Crippen molar-refractivity contribution >= 4 is 11.6 Å². The molecule has 0 saturated carbocycles. The maximum absolute atomic E-state index is 11.9. The Labute approximate surface area is 84.5 Å². The number of benzene rings is 1. The van der Waals surface area contributed by atoms with Gasteiger partial charge in [0.15, 0.2) is 0 Å². The summed E-state index contributed by atoms with van der Waals surface area (Å²) in [6.07, 6.45) is 0. The molecule has 3 heteroatoms. The largest absolute Gasteiger partial charge is 0.398 e. The molecule has 3 nitrogen and oxygen atoms in total. The lowest BCUT2D eigenvalue weighted by atomic mass is 10.1. The van der Waals surface area contributed by atoms with Gasteiger partial charge in [0.05, 0.1) is 5.56 Å². The summed E-state index contributed by atoms with van der Waals surface area (Å²) in [4.78, 5) is 13.6. The standard InChI is InChI=1S/C11H16N2O/c1-3-13(4-2)11(14)9-7-5-6-8-10(9)12/h5-8H,3-4,12H2,1-2H3. The van der Waals surface area contributed by atoms with Crippen LogP contribution in [0.25, 0.3) is 0 Å². The van der Waals surface area contributed by atoms with Crippen molar-refractivity contribution in [3.8, 4) is 0 Å². The van der Waals surface area contributed by atoms with E-state index >= 15 is 0 Å². The maximum Gasteiger partial charge on any atom is 0.255 e. The molecule has 0 aliphatic carbocycles. The highest BCUT2D eigenvalue weighted by Gasteiger charge is 2.13. The molecule has 0 spiro atoms. The summed E-state index contributed by atoms with van der Waals surface area (Å²) in [6.45, 7) is 5.34. The van der Waals surface area contributed by atoms with Gasteiger partial charge in [-0.3, -0.25) is 4.79 Å². The molecular weight excluding hydrogens is 176 g/mol. The molecule has 0 heterocycles. The van der Waals surface area contributed by atoms with Gasteiger partial charge in [-0.05, 0) is 26.0 Å². The van der Waals surface area contributed by atoms with E-state index in [9.17, 15) is 4.79 Å². The summed E-state index contributed by atoms with van der Waals surface area (Å²) in [7, 11) is 0. The second-order valence-electron chi connectivity index (χ2n) is 3.06. The Morgan fingerprint density at radius 3 is 2.36 bits per heavy atom. The van der Waals surface area contributed by atoms with Gasteiger partial charge >= 0.3 is 0 Å². The number of hydrogen-bond acceptors (Lipinski definition) is 2. The Balaban J connectivity index is 2.94. The average molecular weight is 192 g/mol. The molecule has 1 amide bonds. The summed E-state index contributed by atoms with van der Waals surface area (Å²) in [6, 6.07) is 7.16. The first-order chi connectivity index (χ1) is 6.70. The van der Waals surface area contributed by atoms with Crippen LogP contribution in [0.1, 0.15) is 24.2 Å². The molecule has 0 bridgehead atoms. The molecule has 0 radical (unpaired) electrons. The van der Waals surface area contributed by atoms with Crippen LogP contribution in [-0.2, 0) is 0 Å². The fourth-order valence-electron chi connectivity index (χ4n) is 1.37. The number of hydrogen-bond donors (Lipinski definition) is 1. The first-order valence-corrected chi connectivity index (χ1v) is 4.84. The number of amides is 1. The number of nitrogens with zero attached hydrogens (tertiary/aromatic N) is 1. The van der Waals surface area contributed by atoms with Gasteiger partial charge in [-0.1, -0.05) is 12.1 Å². The van der Waals surface area contributed by atoms with Gasteiger partial charge in [0, 0.05) is 18.8 Å². The fraction of sp³-hybridized carbons (Fsp3) is 0.364. The quantitative estimate of drug-likeness (QED) is 0.742. The van der Waals surface area contributed by atoms with Crippen molar-refractivity contribution in [3.05, 3.63) is 29.8 Å². The van der Waals surface area contributed by atoms with E-state index < -0.39 is 0 Å². The molecule has 2 N–H and O–H groups in total. The van der Waals surface area contributed by atoms with Crippen LogP contribution >= 0.6 is 0 Å². The molecule has 0 saturated heterocycles. The number of nitrogens with two attached hydrogens (primary N) is 1. The number of rotatable bonds is 3. The van der Waals surface area contributed by atoms with Gasteiger partial charge in [-0.15, -0.1) is 0 Å². The Bertz CT molecular complexity index is 319. The van der Waals surface area contributed by atoms with Crippen molar-refractivity contribution < 1.29 is 4.79 Å². The van der Waals surface area contributed by atoms with Crippen molar-refractivity contribution in [2.45, 2.75) is 13.8 Å². The summed E-state index contributed by atoms with van der Waals surface area (Å²) in [5.74, 6) is 0.00750. The van der Waals surface area contributed by atoms with Gasteiger partial charge in [0.2, 0.25) is 0 Å². The van der Waals surface area contributed by atoms with E-state index in [1.54, 1.807) is 17.0 Å². The van der Waals surface area contributed by atoms with Gasteiger partial charge in [0.25, 0.3) is 5.91 Å². The van der Waals surface area contributed by atoms with E-state index in [1.165, 1.54) is 0 Å². The number of nitrogen functional groups attached to an aromatic ring is 1. The highest BCUT2D eigenvalue weighted by molar-refractivity contribution is 5.99. The molecule has 76 valence electrons. The lowest BCUT2D eigenvalue weighted by Crippen LogP contribution is -2.30. The second kappa shape index (κ2) is 4.65. The third-order valence-electron chi connectivity index (χ3n) is 2.24. The molecule has 0 unspecified atom stereocenters.